The number of hydrogen-bond acceptors (Lipinski definition) is 5. The van der Waals surface area contributed by atoms with Crippen LogP contribution in [0.15, 0.2) is 47.1 Å². The van der Waals surface area contributed by atoms with E-state index in [1.165, 1.54) is 0 Å². The van der Waals surface area contributed by atoms with Gasteiger partial charge in [0.1, 0.15) is 5.69 Å². The number of carbonyl (C=O) groups is 1. The summed E-state index contributed by atoms with van der Waals surface area (Å²) in [5.74, 6) is 1.03. The maximum absolute atomic E-state index is 13.0. The summed E-state index contributed by atoms with van der Waals surface area (Å²) in [5, 5.41) is 4.72. The van der Waals surface area contributed by atoms with Crippen molar-refractivity contribution >= 4 is 17.5 Å². The first-order chi connectivity index (χ1) is 13.5. The van der Waals surface area contributed by atoms with Crippen molar-refractivity contribution in [3.8, 4) is 11.6 Å². The van der Waals surface area contributed by atoms with Crippen LogP contribution in [0.5, 0.6) is 0 Å². The standard InChI is InChI=1S/C21H21ClN4O2/c1-13-6-9-18(23-11-13)20-24-19(25-28-20)16-8-7-14(2)26(12-16)21(27)15-4-3-5-17(22)10-15/h3-6,9-11,14,16H,7-8,12H2,1-2H3/t14-,16+/m1/s1. The smallest absolute Gasteiger partial charge is 0.276 e. The zero-order valence-electron chi connectivity index (χ0n) is 15.8. The van der Waals surface area contributed by atoms with Gasteiger partial charge in [-0.2, -0.15) is 4.98 Å². The minimum absolute atomic E-state index is 0.0244. The van der Waals surface area contributed by atoms with Crippen LogP contribution in [0.3, 0.4) is 0 Å². The number of hydrogen-bond donors (Lipinski definition) is 0. The molecule has 3 aromatic rings. The summed E-state index contributed by atoms with van der Waals surface area (Å²) >= 11 is 6.05. The number of pyridine rings is 1. The predicted octanol–water partition coefficient (Wildman–Crippen LogP) is 4.50. The lowest BCUT2D eigenvalue weighted by Gasteiger charge is -2.37. The number of carbonyl (C=O) groups excluding carboxylic acids is 1. The van der Waals surface area contributed by atoms with Gasteiger partial charge in [0.25, 0.3) is 11.8 Å². The molecule has 1 fully saturated rings. The molecule has 7 heteroatoms. The number of likely N-dealkylation sites (tertiary alicyclic amines) is 1. The van der Waals surface area contributed by atoms with Crippen LogP contribution in [-0.2, 0) is 0 Å². The molecule has 144 valence electrons. The number of rotatable bonds is 3. The van der Waals surface area contributed by atoms with Crippen molar-refractivity contribution in [3.05, 3.63) is 64.6 Å². The molecule has 6 nitrogen and oxygen atoms in total. The fourth-order valence-electron chi connectivity index (χ4n) is 3.49. The predicted molar refractivity (Wildman–Crippen MR) is 106 cm³/mol. The zero-order valence-corrected chi connectivity index (χ0v) is 16.6. The van der Waals surface area contributed by atoms with E-state index in [0.29, 0.717) is 34.5 Å². The summed E-state index contributed by atoms with van der Waals surface area (Å²) in [5.41, 5.74) is 2.32. The van der Waals surface area contributed by atoms with Crippen LogP contribution in [0.4, 0.5) is 0 Å². The Hall–Kier alpha value is -2.73. The second kappa shape index (κ2) is 7.72. The number of nitrogens with zero attached hydrogens (tertiary/aromatic N) is 4. The molecule has 0 aliphatic carbocycles. The summed E-state index contributed by atoms with van der Waals surface area (Å²) in [6.07, 6.45) is 3.55. The maximum Gasteiger partial charge on any atom is 0.276 e. The zero-order chi connectivity index (χ0) is 19.7. The molecule has 0 bridgehead atoms. The molecular formula is C21H21ClN4O2. The highest BCUT2D eigenvalue weighted by Crippen LogP contribution is 2.31. The summed E-state index contributed by atoms with van der Waals surface area (Å²) in [7, 11) is 0. The lowest BCUT2D eigenvalue weighted by atomic mass is 9.92. The Labute approximate surface area is 168 Å². The Morgan fingerprint density at radius 1 is 1.25 bits per heavy atom. The Balaban J connectivity index is 1.53. The molecule has 1 aliphatic heterocycles. The first-order valence-corrected chi connectivity index (χ1v) is 9.72. The number of aryl methyl sites for hydroxylation is 1. The van der Waals surface area contributed by atoms with E-state index in [2.05, 4.69) is 22.0 Å². The van der Waals surface area contributed by atoms with E-state index in [9.17, 15) is 4.79 Å². The minimum Gasteiger partial charge on any atom is -0.335 e. The Bertz CT molecular complexity index is 986. The lowest BCUT2D eigenvalue weighted by molar-refractivity contribution is 0.0605. The van der Waals surface area contributed by atoms with Crippen molar-refractivity contribution in [2.75, 3.05) is 6.54 Å². The van der Waals surface area contributed by atoms with E-state index in [1.54, 1.807) is 30.5 Å². The van der Waals surface area contributed by atoms with Gasteiger partial charge in [-0.25, -0.2) is 0 Å². The molecule has 1 saturated heterocycles. The third kappa shape index (κ3) is 3.78. The molecule has 3 heterocycles. The van der Waals surface area contributed by atoms with Crippen LogP contribution in [0.25, 0.3) is 11.6 Å². The average Bonchev–Trinajstić information content (AvgIpc) is 3.18. The Morgan fingerprint density at radius 3 is 2.86 bits per heavy atom. The third-order valence-corrected chi connectivity index (χ3v) is 5.39. The van der Waals surface area contributed by atoms with Crippen LogP contribution in [0.2, 0.25) is 5.02 Å². The van der Waals surface area contributed by atoms with Gasteiger partial charge < -0.3 is 9.42 Å². The number of aromatic nitrogens is 3. The van der Waals surface area contributed by atoms with Gasteiger partial charge in [-0.3, -0.25) is 9.78 Å². The van der Waals surface area contributed by atoms with Gasteiger partial charge in [0.15, 0.2) is 5.82 Å². The highest BCUT2D eigenvalue weighted by molar-refractivity contribution is 6.30. The van der Waals surface area contributed by atoms with E-state index in [1.807, 2.05) is 24.0 Å². The Morgan fingerprint density at radius 2 is 2.11 bits per heavy atom. The van der Waals surface area contributed by atoms with Crippen molar-refractivity contribution in [2.24, 2.45) is 0 Å². The lowest BCUT2D eigenvalue weighted by Crippen LogP contribution is -2.45. The van der Waals surface area contributed by atoms with Gasteiger partial charge in [-0.05, 0) is 56.5 Å². The van der Waals surface area contributed by atoms with Crippen molar-refractivity contribution in [1.29, 1.82) is 0 Å². The number of piperidine rings is 1. The van der Waals surface area contributed by atoms with E-state index in [0.717, 1.165) is 18.4 Å². The molecule has 0 radical (unpaired) electrons. The van der Waals surface area contributed by atoms with Gasteiger partial charge >= 0.3 is 0 Å². The SMILES string of the molecule is Cc1ccc(-c2nc([C@H]3CC[C@@H](C)N(C(=O)c4cccc(Cl)c4)C3)no2)nc1. The molecule has 0 unspecified atom stereocenters. The molecular weight excluding hydrogens is 376 g/mol. The van der Waals surface area contributed by atoms with Gasteiger partial charge in [-0.15, -0.1) is 0 Å². The summed E-state index contributed by atoms with van der Waals surface area (Å²) in [4.78, 5) is 23.7. The van der Waals surface area contributed by atoms with Crippen molar-refractivity contribution < 1.29 is 9.32 Å². The molecule has 1 aromatic carbocycles. The maximum atomic E-state index is 13.0. The molecule has 28 heavy (non-hydrogen) atoms. The fourth-order valence-corrected chi connectivity index (χ4v) is 3.68. The van der Waals surface area contributed by atoms with E-state index in [4.69, 9.17) is 16.1 Å². The van der Waals surface area contributed by atoms with Crippen molar-refractivity contribution in [1.82, 2.24) is 20.0 Å². The number of amides is 1. The largest absolute Gasteiger partial charge is 0.335 e. The van der Waals surface area contributed by atoms with E-state index >= 15 is 0 Å². The van der Waals surface area contributed by atoms with Crippen LogP contribution < -0.4 is 0 Å². The van der Waals surface area contributed by atoms with Gasteiger partial charge in [0.05, 0.1) is 0 Å². The minimum atomic E-state index is -0.0244. The monoisotopic (exact) mass is 396 g/mol. The van der Waals surface area contributed by atoms with E-state index in [-0.39, 0.29) is 17.9 Å². The second-order valence-corrected chi connectivity index (χ2v) is 7.71. The summed E-state index contributed by atoms with van der Waals surface area (Å²) < 4.78 is 5.42. The van der Waals surface area contributed by atoms with Crippen LogP contribution in [0, 0.1) is 6.92 Å². The van der Waals surface area contributed by atoms with Gasteiger partial charge in [0.2, 0.25) is 0 Å². The van der Waals surface area contributed by atoms with Crippen LogP contribution in [-0.4, -0.2) is 38.5 Å². The van der Waals surface area contributed by atoms with Crippen molar-refractivity contribution in [2.45, 2.75) is 38.6 Å². The fraction of sp³-hybridized carbons (Fsp3) is 0.333. The third-order valence-electron chi connectivity index (χ3n) is 5.15. The first-order valence-electron chi connectivity index (χ1n) is 9.34. The molecule has 1 aliphatic rings. The summed E-state index contributed by atoms with van der Waals surface area (Å²) in [6, 6.07) is 11.0. The van der Waals surface area contributed by atoms with Gasteiger partial charge in [-0.1, -0.05) is 28.9 Å². The topological polar surface area (TPSA) is 72.1 Å². The summed E-state index contributed by atoms with van der Waals surface area (Å²) in [6.45, 7) is 4.59. The molecule has 2 aromatic heterocycles. The normalized spacial score (nSPS) is 19.6. The molecule has 0 spiro atoms. The average molecular weight is 397 g/mol. The number of benzene rings is 1. The van der Waals surface area contributed by atoms with Crippen molar-refractivity contribution in [3.63, 3.8) is 0 Å². The molecule has 1 amide bonds. The molecule has 0 N–H and O–H groups in total. The molecule has 0 saturated carbocycles. The quantitative estimate of drug-likeness (QED) is 0.651. The first kappa shape index (κ1) is 18.6. The van der Waals surface area contributed by atoms with Crippen LogP contribution >= 0.6 is 11.6 Å². The Kier molecular flexibility index (Phi) is 5.13. The van der Waals surface area contributed by atoms with E-state index < -0.39 is 0 Å². The highest BCUT2D eigenvalue weighted by Gasteiger charge is 2.33. The molecule has 2 atom stereocenters. The molecule has 4 rings (SSSR count). The van der Waals surface area contributed by atoms with Gasteiger partial charge in [0, 0.05) is 35.3 Å². The highest BCUT2D eigenvalue weighted by atomic mass is 35.5. The second-order valence-electron chi connectivity index (χ2n) is 7.27. The van der Waals surface area contributed by atoms with Crippen LogP contribution in [0.1, 0.15) is 47.4 Å². The number of halogens is 1.